The van der Waals surface area contributed by atoms with Crippen molar-refractivity contribution < 1.29 is 5.11 Å². The summed E-state index contributed by atoms with van der Waals surface area (Å²) in [6, 6.07) is 15.9. The Balaban J connectivity index is 2.07. The number of likely N-dealkylation sites (tertiary alicyclic amines) is 1. The molecule has 0 aromatic heterocycles. The summed E-state index contributed by atoms with van der Waals surface area (Å²) >= 11 is 3.51. The van der Waals surface area contributed by atoms with Crippen LogP contribution in [0.4, 0.5) is 11.4 Å². The minimum Gasteiger partial charge on any atom is -0.508 e. The van der Waals surface area contributed by atoms with Crippen LogP contribution in [0.5, 0.6) is 5.75 Å². The molecule has 2 aromatic rings. The van der Waals surface area contributed by atoms with Crippen LogP contribution in [0.15, 0.2) is 53.0 Å². The highest BCUT2D eigenvalue weighted by atomic mass is 79.9. The van der Waals surface area contributed by atoms with Gasteiger partial charge in [-0.25, -0.2) is 0 Å². The highest BCUT2D eigenvalue weighted by Crippen LogP contribution is 2.38. The molecule has 0 amide bonds. The van der Waals surface area contributed by atoms with E-state index in [0.29, 0.717) is 5.75 Å². The van der Waals surface area contributed by atoms with E-state index in [1.807, 2.05) is 12.1 Å². The maximum absolute atomic E-state index is 9.94. The van der Waals surface area contributed by atoms with Gasteiger partial charge in [0.1, 0.15) is 5.75 Å². The van der Waals surface area contributed by atoms with Crippen LogP contribution in [0.25, 0.3) is 0 Å². The first kappa shape index (κ1) is 16.3. The van der Waals surface area contributed by atoms with Crippen molar-refractivity contribution in [1.29, 1.82) is 0 Å². The molecule has 3 nitrogen and oxygen atoms in total. The average molecular weight is 375 g/mol. The number of phenolic OH excluding ortho intramolecular Hbond substituents is 1. The molecule has 0 radical (unpaired) electrons. The Bertz CT molecular complexity index is 663. The molecule has 0 saturated carbocycles. The van der Waals surface area contributed by atoms with Crippen molar-refractivity contribution in [1.82, 2.24) is 4.90 Å². The van der Waals surface area contributed by atoms with Gasteiger partial charge in [0.05, 0.1) is 5.66 Å². The number of aromatic hydroxyl groups is 1. The number of benzene rings is 2. The first-order valence-electron chi connectivity index (χ1n) is 8.08. The summed E-state index contributed by atoms with van der Waals surface area (Å²) in [5, 5.41) is 9.94. The van der Waals surface area contributed by atoms with Crippen molar-refractivity contribution in [2.24, 2.45) is 0 Å². The molecule has 2 aromatic carbocycles. The second-order valence-electron chi connectivity index (χ2n) is 6.52. The van der Waals surface area contributed by atoms with Crippen LogP contribution in [-0.4, -0.2) is 28.8 Å². The van der Waals surface area contributed by atoms with E-state index in [1.165, 1.54) is 12.8 Å². The summed E-state index contributed by atoms with van der Waals surface area (Å²) in [5.41, 5.74) is 1.96. The van der Waals surface area contributed by atoms with Gasteiger partial charge in [0.25, 0.3) is 0 Å². The molecular formula is C19H23BrN2O. The topological polar surface area (TPSA) is 26.7 Å². The molecule has 1 saturated heterocycles. The van der Waals surface area contributed by atoms with Gasteiger partial charge >= 0.3 is 0 Å². The SMILES string of the molecule is CC(C)(N1CCCC1)N(c1ccc(Br)cc1)c1cccc(O)c1. The number of hydrogen-bond acceptors (Lipinski definition) is 3. The molecule has 23 heavy (non-hydrogen) atoms. The Morgan fingerprint density at radius 1 is 1.00 bits per heavy atom. The van der Waals surface area contributed by atoms with Crippen LogP contribution in [0.1, 0.15) is 26.7 Å². The summed E-state index contributed by atoms with van der Waals surface area (Å²) in [6.07, 6.45) is 2.50. The van der Waals surface area contributed by atoms with Gasteiger partial charge in [0.2, 0.25) is 0 Å². The number of anilines is 2. The van der Waals surface area contributed by atoms with Gasteiger partial charge in [-0.15, -0.1) is 0 Å². The summed E-state index contributed by atoms with van der Waals surface area (Å²) in [4.78, 5) is 4.82. The predicted octanol–water partition coefficient (Wildman–Crippen LogP) is 5.12. The first-order chi connectivity index (χ1) is 11.0. The third kappa shape index (κ3) is 3.38. The second-order valence-corrected chi connectivity index (χ2v) is 7.44. The molecule has 0 aliphatic carbocycles. The minimum atomic E-state index is -0.169. The number of phenols is 1. The van der Waals surface area contributed by atoms with Gasteiger partial charge in [0.15, 0.2) is 0 Å². The van der Waals surface area contributed by atoms with Crippen molar-refractivity contribution in [3.05, 3.63) is 53.0 Å². The van der Waals surface area contributed by atoms with Crippen LogP contribution in [0, 0.1) is 0 Å². The van der Waals surface area contributed by atoms with Crippen LogP contribution >= 0.6 is 15.9 Å². The largest absolute Gasteiger partial charge is 0.508 e. The lowest BCUT2D eigenvalue weighted by Gasteiger charge is -2.46. The zero-order chi connectivity index (χ0) is 16.4. The first-order valence-corrected chi connectivity index (χ1v) is 8.88. The fraction of sp³-hybridized carbons (Fsp3) is 0.368. The lowest BCUT2D eigenvalue weighted by Crippen LogP contribution is -2.54. The van der Waals surface area contributed by atoms with Crippen LogP contribution < -0.4 is 4.90 Å². The van der Waals surface area contributed by atoms with Crippen LogP contribution in [-0.2, 0) is 0 Å². The van der Waals surface area contributed by atoms with E-state index < -0.39 is 0 Å². The lowest BCUT2D eigenvalue weighted by atomic mass is 10.1. The third-order valence-electron chi connectivity index (χ3n) is 4.60. The highest BCUT2D eigenvalue weighted by Gasteiger charge is 2.36. The van der Waals surface area contributed by atoms with Gasteiger partial charge in [-0.2, -0.15) is 0 Å². The summed E-state index contributed by atoms with van der Waals surface area (Å²) in [5.74, 6) is 0.293. The van der Waals surface area contributed by atoms with Crippen molar-refractivity contribution in [3.8, 4) is 5.75 Å². The third-order valence-corrected chi connectivity index (χ3v) is 5.13. The molecule has 1 heterocycles. The van der Waals surface area contributed by atoms with Gasteiger partial charge in [-0.3, -0.25) is 4.90 Å². The number of rotatable bonds is 4. The van der Waals surface area contributed by atoms with Crippen molar-refractivity contribution in [2.45, 2.75) is 32.4 Å². The predicted molar refractivity (Wildman–Crippen MR) is 99.3 cm³/mol. The molecule has 4 heteroatoms. The standard InChI is InChI=1S/C19H23BrN2O/c1-19(2,21-12-3-4-13-21)22(16-10-8-15(20)9-11-16)17-6-5-7-18(23)14-17/h5-11,14,23H,3-4,12-13H2,1-2H3. The van der Waals surface area contributed by atoms with E-state index in [0.717, 1.165) is 28.9 Å². The van der Waals surface area contributed by atoms with Crippen LogP contribution in [0.2, 0.25) is 0 Å². The Morgan fingerprint density at radius 2 is 1.65 bits per heavy atom. The molecule has 1 N–H and O–H groups in total. The van der Waals surface area contributed by atoms with Crippen molar-refractivity contribution in [3.63, 3.8) is 0 Å². The molecule has 0 spiro atoms. The van der Waals surface area contributed by atoms with Crippen molar-refractivity contribution in [2.75, 3.05) is 18.0 Å². The number of halogens is 1. The Hall–Kier alpha value is -1.52. The van der Waals surface area contributed by atoms with E-state index >= 15 is 0 Å². The molecule has 1 fully saturated rings. The fourth-order valence-corrected chi connectivity index (χ4v) is 3.67. The lowest BCUT2D eigenvalue weighted by molar-refractivity contribution is 0.161. The number of nitrogens with zero attached hydrogens (tertiary/aromatic N) is 2. The molecule has 1 aliphatic heterocycles. The van der Waals surface area contributed by atoms with Gasteiger partial charge in [0, 0.05) is 35.0 Å². The highest BCUT2D eigenvalue weighted by molar-refractivity contribution is 9.10. The van der Waals surface area contributed by atoms with Crippen LogP contribution in [0.3, 0.4) is 0 Å². The molecular weight excluding hydrogens is 352 g/mol. The van der Waals surface area contributed by atoms with E-state index in [-0.39, 0.29) is 5.66 Å². The number of hydrogen-bond donors (Lipinski definition) is 1. The monoisotopic (exact) mass is 374 g/mol. The molecule has 3 rings (SSSR count). The van der Waals surface area contributed by atoms with E-state index in [4.69, 9.17) is 0 Å². The summed E-state index contributed by atoms with van der Waals surface area (Å²) in [7, 11) is 0. The maximum Gasteiger partial charge on any atom is 0.117 e. The molecule has 0 bridgehead atoms. The fourth-order valence-electron chi connectivity index (χ4n) is 3.41. The van der Waals surface area contributed by atoms with Gasteiger partial charge in [-0.05, 0) is 63.1 Å². The van der Waals surface area contributed by atoms with E-state index in [2.05, 4.69) is 69.9 Å². The molecule has 0 unspecified atom stereocenters. The maximum atomic E-state index is 9.94. The smallest absolute Gasteiger partial charge is 0.117 e. The Labute approximate surface area is 146 Å². The Morgan fingerprint density at radius 3 is 2.26 bits per heavy atom. The molecule has 122 valence electrons. The molecule has 1 aliphatic rings. The quantitative estimate of drug-likeness (QED) is 0.803. The molecule has 0 atom stereocenters. The van der Waals surface area contributed by atoms with E-state index in [1.54, 1.807) is 6.07 Å². The summed E-state index contributed by atoms with van der Waals surface area (Å²) < 4.78 is 1.07. The minimum absolute atomic E-state index is 0.169. The zero-order valence-electron chi connectivity index (χ0n) is 13.7. The van der Waals surface area contributed by atoms with Crippen molar-refractivity contribution >= 4 is 27.3 Å². The van der Waals surface area contributed by atoms with Gasteiger partial charge < -0.3 is 10.0 Å². The second kappa shape index (κ2) is 6.54. The Kier molecular flexibility index (Phi) is 4.64. The normalized spacial score (nSPS) is 15.8. The zero-order valence-corrected chi connectivity index (χ0v) is 15.3. The van der Waals surface area contributed by atoms with E-state index in [9.17, 15) is 5.11 Å². The summed E-state index contributed by atoms with van der Waals surface area (Å²) in [6.45, 7) is 6.73. The van der Waals surface area contributed by atoms with Gasteiger partial charge in [-0.1, -0.05) is 22.0 Å². The average Bonchev–Trinajstić information content (AvgIpc) is 3.04.